The molecule has 1 atom stereocenters. The molecule has 0 radical (unpaired) electrons. The monoisotopic (exact) mass is 322 g/mol. The summed E-state index contributed by atoms with van der Waals surface area (Å²) in [7, 11) is 0. The molecule has 0 N–H and O–H groups in total. The Labute approximate surface area is 141 Å². The number of benzene rings is 2. The number of anilines is 1. The number of carbonyl (C=O) groups excluding carboxylic acids is 1. The lowest BCUT2D eigenvalue weighted by Crippen LogP contribution is -2.39. The highest BCUT2D eigenvalue weighted by atomic mass is 32.1. The predicted octanol–water partition coefficient (Wildman–Crippen LogP) is 3.36. The molecular weight excluding hydrogens is 304 g/mol. The highest BCUT2D eigenvalue weighted by Gasteiger charge is 2.45. The Morgan fingerprint density at radius 1 is 1.04 bits per heavy atom. The molecule has 0 spiro atoms. The van der Waals surface area contributed by atoms with Crippen LogP contribution in [0, 0.1) is 13.8 Å². The van der Waals surface area contributed by atoms with Crippen molar-refractivity contribution in [3.63, 3.8) is 0 Å². The number of thiocarbonyl (C=S) groups is 1. The molecule has 3 nitrogen and oxygen atoms in total. The Kier molecular flexibility index (Phi) is 3.23. The molecule has 2 aromatic rings. The molecule has 4 rings (SSSR count). The van der Waals surface area contributed by atoms with Crippen LogP contribution in [0.5, 0.6) is 0 Å². The van der Waals surface area contributed by atoms with E-state index in [9.17, 15) is 4.79 Å². The molecule has 0 bridgehead atoms. The summed E-state index contributed by atoms with van der Waals surface area (Å²) >= 11 is 5.66. The van der Waals surface area contributed by atoms with Gasteiger partial charge in [0.25, 0.3) is 5.91 Å². The number of aryl methyl sites for hydroxylation is 1. The van der Waals surface area contributed by atoms with Gasteiger partial charge < -0.3 is 4.90 Å². The quantitative estimate of drug-likeness (QED) is 0.752. The zero-order chi connectivity index (χ0) is 16.1. The lowest BCUT2D eigenvalue weighted by molar-refractivity contribution is -0.120. The molecule has 4 heteroatoms. The fourth-order valence-corrected chi connectivity index (χ4v) is 3.90. The average Bonchev–Trinajstić information content (AvgIpc) is 2.79. The minimum absolute atomic E-state index is 0.0956. The third-order valence-electron chi connectivity index (χ3n) is 5.01. The van der Waals surface area contributed by atoms with E-state index >= 15 is 0 Å². The number of nitrogens with zero attached hydrogens (tertiary/aromatic N) is 2. The summed E-state index contributed by atoms with van der Waals surface area (Å²) in [6, 6.07) is 14.2. The Morgan fingerprint density at radius 2 is 1.78 bits per heavy atom. The van der Waals surface area contributed by atoms with Crippen molar-refractivity contribution in [3.8, 4) is 0 Å². The Bertz CT molecular complexity index is 787. The number of rotatable bonds is 1. The van der Waals surface area contributed by atoms with Gasteiger partial charge in [-0.1, -0.05) is 36.4 Å². The van der Waals surface area contributed by atoms with Gasteiger partial charge >= 0.3 is 0 Å². The minimum Gasteiger partial charge on any atom is -0.332 e. The number of hydrogen-bond acceptors (Lipinski definition) is 2. The third kappa shape index (κ3) is 2.09. The van der Waals surface area contributed by atoms with Crippen molar-refractivity contribution >= 4 is 28.9 Å². The van der Waals surface area contributed by atoms with Crippen LogP contribution in [-0.2, 0) is 17.8 Å². The van der Waals surface area contributed by atoms with Gasteiger partial charge in [-0.05, 0) is 54.4 Å². The standard InChI is InChI=1S/C19H18N2OS/c1-12-6-5-9-16(13(12)2)21-18(22)17-10-14-7-3-4-8-15(14)11-20(17)19(21)23/h3-9,17H,10-11H2,1-2H3. The highest BCUT2D eigenvalue weighted by molar-refractivity contribution is 7.80. The molecule has 2 aliphatic rings. The zero-order valence-corrected chi connectivity index (χ0v) is 14.1. The Hall–Kier alpha value is -2.20. The first kappa shape index (κ1) is 14.4. The summed E-state index contributed by atoms with van der Waals surface area (Å²) in [5.74, 6) is 0.0956. The van der Waals surface area contributed by atoms with Crippen LogP contribution in [0.2, 0.25) is 0 Å². The molecule has 0 aromatic heterocycles. The molecule has 0 aliphatic carbocycles. The second-order valence-electron chi connectivity index (χ2n) is 6.29. The normalized spacial score (nSPS) is 19.8. The van der Waals surface area contributed by atoms with Gasteiger partial charge in [0.2, 0.25) is 0 Å². The number of carbonyl (C=O) groups is 1. The molecule has 2 aromatic carbocycles. The molecule has 0 saturated carbocycles. The zero-order valence-electron chi connectivity index (χ0n) is 13.2. The van der Waals surface area contributed by atoms with Gasteiger partial charge in [-0.2, -0.15) is 0 Å². The lowest BCUT2D eigenvalue weighted by Gasteiger charge is -2.30. The average molecular weight is 322 g/mol. The van der Waals surface area contributed by atoms with E-state index < -0.39 is 0 Å². The van der Waals surface area contributed by atoms with E-state index in [0.717, 1.165) is 17.7 Å². The first-order valence-electron chi connectivity index (χ1n) is 7.85. The maximum Gasteiger partial charge on any atom is 0.256 e. The van der Waals surface area contributed by atoms with Crippen molar-refractivity contribution in [2.24, 2.45) is 0 Å². The van der Waals surface area contributed by atoms with Crippen LogP contribution in [0.15, 0.2) is 42.5 Å². The van der Waals surface area contributed by atoms with Crippen molar-refractivity contribution in [2.45, 2.75) is 32.9 Å². The summed E-state index contributed by atoms with van der Waals surface area (Å²) in [4.78, 5) is 16.8. The van der Waals surface area contributed by atoms with Crippen LogP contribution >= 0.6 is 12.2 Å². The van der Waals surface area contributed by atoms with E-state index in [0.29, 0.717) is 11.7 Å². The van der Waals surface area contributed by atoms with E-state index in [1.54, 1.807) is 4.90 Å². The van der Waals surface area contributed by atoms with Crippen molar-refractivity contribution in [1.82, 2.24) is 4.90 Å². The van der Waals surface area contributed by atoms with Gasteiger partial charge in [-0.3, -0.25) is 9.69 Å². The van der Waals surface area contributed by atoms with Crippen molar-refractivity contribution < 1.29 is 4.79 Å². The van der Waals surface area contributed by atoms with Crippen LogP contribution in [-0.4, -0.2) is 22.0 Å². The SMILES string of the molecule is Cc1cccc(N2C(=O)C3Cc4ccccc4CN3C2=S)c1C. The predicted molar refractivity (Wildman–Crippen MR) is 95.5 cm³/mol. The van der Waals surface area contributed by atoms with Gasteiger partial charge in [0.05, 0.1) is 5.69 Å². The molecule has 1 fully saturated rings. The summed E-state index contributed by atoms with van der Waals surface area (Å²) in [5, 5.41) is 0.628. The first-order valence-corrected chi connectivity index (χ1v) is 8.26. The molecule has 2 aliphatic heterocycles. The number of amides is 1. The Balaban J connectivity index is 1.76. The summed E-state index contributed by atoms with van der Waals surface area (Å²) in [6.45, 7) is 4.82. The van der Waals surface area contributed by atoms with E-state index in [1.807, 2.05) is 31.2 Å². The minimum atomic E-state index is -0.169. The molecule has 23 heavy (non-hydrogen) atoms. The van der Waals surface area contributed by atoms with E-state index in [1.165, 1.54) is 16.7 Å². The van der Waals surface area contributed by atoms with Gasteiger partial charge in [0.1, 0.15) is 6.04 Å². The van der Waals surface area contributed by atoms with Crippen LogP contribution in [0.4, 0.5) is 5.69 Å². The molecule has 2 heterocycles. The van der Waals surface area contributed by atoms with Crippen molar-refractivity contribution in [3.05, 3.63) is 64.7 Å². The van der Waals surface area contributed by atoms with Gasteiger partial charge in [-0.15, -0.1) is 0 Å². The van der Waals surface area contributed by atoms with Crippen LogP contribution in [0.1, 0.15) is 22.3 Å². The van der Waals surface area contributed by atoms with Gasteiger partial charge in [0.15, 0.2) is 5.11 Å². The van der Waals surface area contributed by atoms with E-state index in [-0.39, 0.29) is 11.9 Å². The van der Waals surface area contributed by atoms with Crippen molar-refractivity contribution in [1.29, 1.82) is 0 Å². The Morgan fingerprint density at radius 3 is 2.57 bits per heavy atom. The smallest absolute Gasteiger partial charge is 0.256 e. The molecule has 1 amide bonds. The largest absolute Gasteiger partial charge is 0.332 e. The topological polar surface area (TPSA) is 23.6 Å². The van der Waals surface area contributed by atoms with E-state index in [4.69, 9.17) is 12.2 Å². The highest BCUT2D eigenvalue weighted by Crippen LogP contribution is 2.34. The summed E-state index contributed by atoms with van der Waals surface area (Å²) in [6.07, 6.45) is 0.733. The lowest BCUT2D eigenvalue weighted by atomic mass is 9.95. The first-order chi connectivity index (χ1) is 11.1. The second kappa shape index (κ2) is 5.17. The molecule has 1 unspecified atom stereocenters. The number of hydrogen-bond donors (Lipinski definition) is 0. The molecular formula is C19H18N2OS. The summed E-state index contributed by atoms with van der Waals surface area (Å²) in [5.41, 5.74) is 5.72. The second-order valence-corrected chi connectivity index (χ2v) is 6.66. The van der Waals surface area contributed by atoms with Crippen LogP contribution in [0.25, 0.3) is 0 Å². The molecule has 1 saturated heterocycles. The van der Waals surface area contributed by atoms with Crippen molar-refractivity contribution in [2.75, 3.05) is 4.90 Å². The molecule has 116 valence electrons. The van der Waals surface area contributed by atoms with Crippen LogP contribution < -0.4 is 4.90 Å². The maximum absolute atomic E-state index is 13.0. The van der Waals surface area contributed by atoms with E-state index in [2.05, 4.69) is 30.0 Å². The van der Waals surface area contributed by atoms with Gasteiger partial charge in [-0.25, -0.2) is 0 Å². The third-order valence-corrected chi connectivity index (χ3v) is 5.43. The number of fused-ring (bicyclic) bond motifs is 2. The summed E-state index contributed by atoms with van der Waals surface area (Å²) < 4.78 is 0. The fourth-order valence-electron chi connectivity index (χ4n) is 3.52. The van der Waals surface area contributed by atoms with Gasteiger partial charge in [0, 0.05) is 13.0 Å². The maximum atomic E-state index is 13.0. The van der Waals surface area contributed by atoms with Crippen LogP contribution in [0.3, 0.4) is 0 Å². The fraction of sp³-hybridized carbons (Fsp3) is 0.263.